The molecule has 1 aliphatic rings. The van der Waals surface area contributed by atoms with Crippen molar-refractivity contribution in [3.8, 4) is 5.75 Å². The van der Waals surface area contributed by atoms with Crippen LogP contribution < -0.4 is 15.7 Å². The Kier molecular flexibility index (Phi) is 6.74. The number of nitrogens with one attached hydrogen (secondary N) is 1. The van der Waals surface area contributed by atoms with Crippen LogP contribution in [-0.4, -0.2) is 43.0 Å². The molecule has 33 heavy (non-hydrogen) atoms. The van der Waals surface area contributed by atoms with Gasteiger partial charge >= 0.3 is 17.5 Å². The van der Waals surface area contributed by atoms with Gasteiger partial charge in [0.05, 0.1) is 0 Å². The third kappa shape index (κ3) is 5.40. The van der Waals surface area contributed by atoms with Gasteiger partial charge in [-0.15, -0.1) is 0 Å². The van der Waals surface area contributed by atoms with E-state index in [0.717, 1.165) is 31.5 Å². The van der Waals surface area contributed by atoms with Gasteiger partial charge in [0.2, 0.25) is 0 Å². The van der Waals surface area contributed by atoms with Gasteiger partial charge in [0.1, 0.15) is 29.7 Å². The molecule has 2 heterocycles. The largest absolute Gasteiger partial charge is 0.489 e. The zero-order valence-electron chi connectivity index (χ0n) is 18.6. The van der Waals surface area contributed by atoms with Crippen molar-refractivity contribution in [2.45, 2.75) is 32.5 Å². The molecule has 1 amide bonds. The molecule has 172 valence electrons. The van der Waals surface area contributed by atoms with Crippen LogP contribution in [0.3, 0.4) is 0 Å². The molecule has 8 nitrogen and oxygen atoms in total. The van der Waals surface area contributed by atoms with Crippen molar-refractivity contribution in [2.75, 3.05) is 25.5 Å². The van der Waals surface area contributed by atoms with E-state index in [-0.39, 0.29) is 18.4 Å². The molecule has 0 aliphatic carbocycles. The number of likely N-dealkylation sites (tertiary alicyclic amines) is 1. The second-order valence-corrected chi connectivity index (χ2v) is 8.21. The van der Waals surface area contributed by atoms with Crippen molar-refractivity contribution < 1.29 is 23.5 Å². The second kappa shape index (κ2) is 9.87. The Hall–Kier alpha value is -3.65. The molecule has 0 spiro atoms. The molecule has 0 bridgehead atoms. The van der Waals surface area contributed by atoms with E-state index in [9.17, 15) is 14.4 Å². The van der Waals surface area contributed by atoms with E-state index in [1.54, 1.807) is 30.3 Å². The van der Waals surface area contributed by atoms with Crippen LogP contribution in [0.15, 0.2) is 57.7 Å². The van der Waals surface area contributed by atoms with Crippen molar-refractivity contribution >= 4 is 28.5 Å². The summed E-state index contributed by atoms with van der Waals surface area (Å²) in [5.41, 5.74) is 0.942. The third-order valence-electron chi connectivity index (χ3n) is 5.62. The number of anilines is 1. The molecule has 3 aromatic rings. The number of aryl methyl sites for hydroxylation is 1. The summed E-state index contributed by atoms with van der Waals surface area (Å²) in [4.78, 5) is 38.9. The van der Waals surface area contributed by atoms with Gasteiger partial charge in [-0.3, -0.25) is 4.79 Å². The zero-order chi connectivity index (χ0) is 23.4. The van der Waals surface area contributed by atoms with Crippen LogP contribution in [0.4, 0.5) is 5.69 Å². The minimum Gasteiger partial charge on any atom is -0.489 e. The lowest BCUT2D eigenvalue weighted by atomic mass is 10.1. The normalized spacial score (nSPS) is 16.4. The van der Waals surface area contributed by atoms with Crippen molar-refractivity contribution in [1.82, 2.24) is 4.90 Å². The summed E-state index contributed by atoms with van der Waals surface area (Å²) in [5, 5.41) is 2.89. The molecule has 1 atom stereocenters. The predicted octanol–water partition coefficient (Wildman–Crippen LogP) is 3.26. The first kappa shape index (κ1) is 22.5. The highest BCUT2D eigenvalue weighted by Gasteiger charge is 2.21. The van der Waals surface area contributed by atoms with Crippen molar-refractivity contribution in [3.63, 3.8) is 0 Å². The number of carbonyl (C=O) groups is 2. The third-order valence-corrected chi connectivity index (χ3v) is 5.62. The van der Waals surface area contributed by atoms with Crippen molar-refractivity contribution in [2.24, 2.45) is 0 Å². The van der Waals surface area contributed by atoms with Crippen molar-refractivity contribution in [3.05, 3.63) is 70.1 Å². The number of esters is 1. The van der Waals surface area contributed by atoms with E-state index >= 15 is 0 Å². The highest BCUT2D eigenvalue weighted by Crippen LogP contribution is 2.29. The highest BCUT2D eigenvalue weighted by molar-refractivity contribution is 6.37. The topological polar surface area (TPSA) is 98.1 Å². The molecule has 1 N–H and O–H groups in total. The van der Waals surface area contributed by atoms with Gasteiger partial charge in [-0.05, 0) is 57.1 Å². The lowest BCUT2D eigenvalue weighted by Crippen LogP contribution is -2.38. The van der Waals surface area contributed by atoms with E-state index in [0.29, 0.717) is 22.3 Å². The van der Waals surface area contributed by atoms with E-state index in [1.807, 2.05) is 19.1 Å². The molecule has 1 saturated heterocycles. The maximum atomic E-state index is 12.5. The monoisotopic (exact) mass is 450 g/mol. The first-order valence-electron chi connectivity index (χ1n) is 10.9. The Morgan fingerprint density at radius 3 is 2.73 bits per heavy atom. The number of fused-ring (bicyclic) bond motifs is 1. The standard InChI is InChI=1S/C25H26N2O6/c1-16-21(32-19-9-6-12-27(2)14-19)11-10-18-13-20(24(29)33-22(16)18)26-23(28)25(30)31-15-17-7-4-3-5-8-17/h3-5,7-8,10-11,13,19H,6,9,12,14-15H2,1-2H3,(H,26,28). The molecule has 1 unspecified atom stereocenters. The Morgan fingerprint density at radius 1 is 1.18 bits per heavy atom. The van der Waals surface area contributed by atoms with Crippen LogP contribution in [-0.2, 0) is 20.9 Å². The summed E-state index contributed by atoms with van der Waals surface area (Å²) in [6, 6.07) is 14.1. The average Bonchev–Trinajstić information content (AvgIpc) is 2.81. The molecule has 1 aliphatic heterocycles. The van der Waals surface area contributed by atoms with Gasteiger partial charge in [-0.2, -0.15) is 0 Å². The molecule has 2 aromatic carbocycles. The number of ether oxygens (including phenoxy) is 2. The summed E-state index contributed by atoms with van der Waals surface area (Å²) in [6.07, 6.45) is 2.11. The van der Waals surface area contributed by atoms with Crippen LogP contribution in [0.25, 0.3) is 11.0 Å². The first-order chi connectivity index (χ1) is 15.9. The fourth-order valence-corrected chi connectivity index (χ4v) is 3.88. The maximum absolute atomic E-state index is 12.5. The van der Waals surface area contributed by atoms with E-state index in [2.05, 4.69) is 17.3 Å². The molecular weight excluding hydrogens is 424 g/mol. The molecule has 1 fully saturated rings. The molecule has 4 rings (SSSR count). The van der Waals surface area contributed by atoms with Gasteiger partial charge in [0, 0.05) is 17.5 Å². The summed E-state index contributed by atoms with van der Waals surface area (Å²) >= 11 is 0. The molecular formula is C25H26N2O6. The quantitative estimate of drug-likeness (QED) is 0.362. The van der Waals surface area contributed by atoms with Gasteiger partial charge in [-0.1, -0.05) is 30.3 Å². The SMILES string of the molecule is Cc1c(OC2CCCN(C)C2)ccc2cc(NC(=O)C(=O)OCc3ccccc3)c(=O)oc12. The smallest absolute Gasteiger partial charge is 0.397 e. The number of amides is 1. The Balaban J connectivity index is 1.46. The molecule has 1 aromatic heterocycles. The fourth-order valence-electron chi connectivity index (χ4n) is 3.88. The van der Waals surface area contributed by atoms with Crippen molar-refractivity contribution in [1.29, 1.82) is 0 Å². The second-order valence-electron chi connectivity index (χ2n) is 8.21. The summed E-state index contributed by atoms with van der Waals surface area (Å²) in [5.74, 6) is -1.47. The summed E-state index contributed by atoms with van der Waals surface area (Å²) in [6.45, 7) is 3.68. The molecule has 0 radical (unpaired) electrons. The first-order valence-corrected chi connectivity index (χ1v) is 10.9. The Bertz CT molecular complexity index is 1220. The zero-order valence-corrected chi connectivity index (χ0v) is 18.6. The van der Waals surface area contributed by atoms with Gasteiger partial charge in [-0.25, -0.2) is 9.59 Å². The fraction of sp³-hybridized carbons (Fsp3) is 0.320. The average molecular weight is 450 g/mol. The molecule has 8 heteroatoms. The minimum absolute atomic E-state index is 0.0435. The van der Waals surface area contributed by atoms with Gasteiger partial charge in [0.15, 0.2) is 0 Å². The number of rotatable bonds is 5. The van der Waals surface area contributed by atoms with E-state index < -0.39 is 17.5 Å². The minimum atomic E-state index is -1.09. The van der Waals surface area contributed by atoms with Gasteiger partial charge < -0.3 is 24.1 Å². The van der Waals surface area contributed by atoms with E-state index in [1.165, 1.54) is 6.07 Å². The summed E-state index contributed by atoms with van der Waals surface area (Å²) in [7, 11) is 2.06. The van der Waals surface area contributed by atoms with Gasteiger partial charge in [0.25, 0.3) is 0 Å². The number of likely N-dealkylation sites (N-methyl/N-ethyl adjacent to an activating group) is 1. The Morgan fingerprint density at radius 2 is 1.97 bits per heavy atom. The number of carbonyl (C=O) groups excluding carboxylic acids is 2. The number of hydrogen-bond donors (Lipinski definition) is 1. The van der Waals surface area contributed by atoms with Crippen LogP contribution in [0.1, 0.15) is 24.0 Å². The lowest BCUT2D eigenvalue weighted by Gasteiger charge is -2.30. The number of hydrogen-bond acceptors (Lipinski definition) is 7. The van der Waals surface area contributed by atoms with E-state index in [4.69, 9.17) is 13.9 Å². The van der Waals surface area contributed by atoms with Crippen LogP contribution in [0.5, 0.6) is 5.75 Å². The number of benzene rings is 2. The molecule has 0 saturated carbocycles. The number of nitrogens with zero attached hydrogens (tertiary/aromatic N) is 1. The maximum Gasteiger partial charge on any atom is 0.397 e. The highest BCUT2D eigenvalue weighted by atomic mass is 16.5. The summed E-state index contributed by atoms with van der Waals surface area (Å²) < 4.78 is 16.6. The number of piperidine rings is 1. The Labute approximate surface area is 191 Å². The lowest BCUT2D eigenvalue weighted by molar-refractivity contribution is -0.153. The predicted molar refractivity (Wildman–Crippen MR) is 123 cm³/mol. The van der Waals surface area contributed by atoms with Crippen LogP contribution in [0.2, 0.25) is 0 Å². The van der Waals surface area contributed by atoms with Crippen LogP contribution >= 0.6 is 0 Å². The van der Waals surface area contributed by atoms with Crippen LogP contribution in [0, 0.1) is 6.92 Å².